The van der Waals surface area contributed by atoms with Gasteiger partial charge in [0, 0.05) is 33.5 Å². The number of nitrogens with zero attached hydrogens (tertiary/aromatic N) is 2. The van der Waals surface area contributed by atoms with Crippen LogP contribution in [0.4, 0.5) is 17.1 Å². The molecule has 2 nitrogen and oxygen atoms in total. The first kappa shape index (κ1) is 40.5. The molecule has 0 saturated carbocycles. The molecule has 68 heavy (non-hydrogen) atoms. The Kier molecular flexibility index (Phi) is 10.6. The van der Waals surface area contributed by atoms with Gasteiger partial charge >= 0.3 is 0 Å². The average molecular weight is 867 g/mol. The zero-order valence-electron chi connectivity index (χ0n) is 37.5. The van der Waals surface area contributed by atoms with E-state index in [1.54, 1.807) is 0 Å². The van der Waals surface area contributed by atoms with Crippen LogP contribution in [0.5, 0.6) is 0 Å². The van der Waals surface area contributed by atoms with Crippen molar-refractivity contribution in [3.8, 4) is 72.4 Å². The van der Waals surface area contributed by atoms with Crippen molar-refractivity contribution in [2.24, 2.45) is 0 Å². The van der Waals surface area contributed by atoms with Gasteiger partial charge in [-0.1, -0.05) is 200 Å². The highest BCUT2D eigenvalue weighted by Gasteiger charge is 2.17. The van der Waals surface area contributed by atoms with Crippen LogP contribution in [-0.4, -0.2) is 4.57 Å². The van der Waals surface area contributed by atoms with Crippen LogP contribution in [0.1, 0.15) is 0 Å². The summed E-state index contributed by atoms with van der Waals surface area (Å²) in [5, 5.41) is 2.47. The number of aromatic nitrogens is 1. The highest BCUT2D eigenvalue weighted by Crippen LogP contribution is 2.40. The van der Waals surface area contributed by atoms with Crippen molar-refractivity contribution in [2.45, 2.75) is 0 Å². The third-order valence-corrected chi connectivity index (χ3v) is 13.2. The Morgan fingerprint density at radius 1 is 0.206 bits per heavy atom. The van der Waals surface area contributed by atoms with E-state index < -0.39 is 0 Å². The first-order valence-electron chi connectivity index (χ1n) is 23.3. The smallest absolute Gasteiger partial charge is 0.0541 e. The van der Waals surface area contributed by atoms with Gasteiger partial charge in [0.1, 0.15) is 0 Å². The zero-order chi connectivity index (χ0) is 45.2. The molecule has 0 amide bonds. The van der Waals surface area contributed by atoms with Crippen LogP contribution in [0.25, 0.3) is 94.3 Å². The molecule has 11 aromatic carbocycles. The number of hydrogen-bond acceptors (Lipinski definition) is 1. The monoisotopic (exact) mass is 866 g/mol. The molecule has 0 radical (unpaired) electrons. The summed E-state index contributed by atoms with van der Waals surface area (Å²) in [5.74, 6) is 0. The molecular weight excluding hydrogens is 821 g/mol. The lowest BCUT2D eigenvalue weighted by Crippen LogP contribution is -2.09. The Bertz CT molecular complexity index is 3570. The van der Waals surface area contributed by atoms with E-state index in [9.17, 15) is 0 Å². The molecule has 12 aromatic rings. The summed E-state index contributed by atoms with van der Waals surface area (Å²) < 4.78 is 2.43. The lowest BCUT2D eigenvalue weighted by molar-refractivity contribution is 1.18. The largest absolute Gasteiger partial charge is 0.311 e. The summed E-state index contributed by atoms with van der Waals surface area (Å²) in [6.07, 6.45) is 0. The van der Waals surface area contributed by atoms with Crippen molar-refractivity contribution in [3.63, 3.8) is 0 Å². The molecule has 0 atom stereocenters. The summed E-state index contributed by atoms with van der Waals surface area (Å²) in [4.78, 5) is 2.35. The molecular formula is C66H46N2. The van der Waals surface area contributed by atoms with E-state index >= 15 is 0 Å². The molecule has 0 aliphatic carbocycles. The van der Waals surface area contributed by atoms with E-state index in [-0.39, 0.29) is 0 Å². The fraction of sp³-hybridized carbons (Fsp3) is 0. The van der Waals surface area contributed by atoms with Crippen LogP contribution in [-0.2, 0) is 0 Å². The van der Waals surface area contributed by atoms with Crippen molar-refractivity contribution in [2.75, 3.05) is 4.90 Å². The fourth-order valence-corrected chi connectivity index (χ4v) is 9.74. The lowest BCUT2D eigenvalue weighted by atomic mass is 9.98. The van der Waals surface area contributed by atoms with Crippen LogP contribution in [0.15, 0.2) is 279 Å². The fourth-order valence-electron chi connectivity index (χ4n) is 9.74. The van der Waals surface area contributed by atoms with Crippen molar-refractivity contribution in [1.82, 2.24) is 4.57 Å². The van der Waals surface area contributed by atoms with E-state index in [4.69, 9.17) is 0 Å². The predicted octanol–water partition coefficient (Wildman–Crippen LogP) is 18.3. The number of anilines is 3. The van der Waals surface area contributed by atoms with Gasteiger partial charge in [0.25, 0.3) is 0 Å². The average Bonchev–Trinajstić information content (AvgIpc) is 3.76. The van der Waals surface area contributed by atoms with Gasteiger partial charge in [0.2, 0.25) is 0 Å². The Labute approximate surface area is 397 Å². The SMILES string of the molecule is c1ccc(-c2ccc(N(c3ccc(-c4cccc(-c5ccccc5)c4)cc3)c3ccc(-c4cccc(-n5c6ccc(-c7ccccc7)cc6c6cc(-c7ccccc7)ccc65)c4)cc3)cc2)cc1. The quantitative estimate of drug-likeness (QED) is 0.133. The molecule has 1 aromatic heterocycles. The van der Waals surface area contributed by atoms with E-state index in [1.165, 1.54) is 77.4 Å². The first-order chi connectivity index (χ1) is 33.7. The van der Waals surface area contributed by atoms with E-state index in [1.807, 2.05) is 0 Å². The molecule has 0 fully saturated rings. The van der Waals surface area contributed by atoms with Crippen molar-refractivity contribution in [3.05, 3.63) is 279 Å². The van der Waals surface area contributed by atoms with Gasteiger partial charge in [0.15, 0.2) is 0 Å². The minimum absolute atomic E-state index is 1.09. The zero-order valence-corrected chi connectivity index (χ0v) is 37.5. The number of hydrogen-bond donors (Lipinski definition) is 0. The summed E-state index contributed by atoms with van der Waals surface area (Å²) in [7, 11) is 0. The summed E-state index contributed by atoms with van der Waals surface area (Å²) >= 11 is 0. The van der Waals surface area contributed by atoms with Gasteiger partial charge in [-0.3, -0.25) is 0 Å². The van der Waals surface area contributed by atoms with Gasteiger partial charge in [-0.25, -0.2) is 0 Å². The number of fused-ring (bicyclic) bond motifs is 3. The molecule has 0 aliphatic heterocycles. The van der Waals surface area contributed by atoms with Crippen LogP contribution in [0.2, 0.25) is 0 Å². The van der Waals surface area contributed by atoms with Crippen molar-refractivity contribution < 1.29 is 0 Å². The Hall–Kier alpha value is -8.98. The van der Waals surface area contributed by atoms with Crippen LogP contribution in [0, 0.1) is 0 Å². The summed E-state index contributed by atoms with van der Waals surface area (Å²) in [6, 6.07) is 101. The van der Waals surface area contributed by atoms with E-state index in [0.717, 1.165) is 33.9 Å². The predicted molar refractivity (Wildman–Crippen MR) is 288 cm³/mol. The second-order valence-electron chi connectivity index (χ2n) is 17.4. The highest BCUT2D eigenvalue weighted by molar-refractivity contribution is 6.11. The normalized spacial score (nSPS) is 11.2. The second kappa shape index (κ2) is 17.8. The van der Waals surface area contributed by atoms with Gasteiger partial charge in [-0.15, -0.1) is 0 Å². The molecule has 320 valence electrons. The molecule has 0 aliphatic rings. The van der Waals surface area contributed by atoms with Crippen molar-refractivity contribution >= 4 is 38.9 Å². The van der Waals surface area contributed by atoms with Crippen molar-refractivity contribution in [1.29, 1.82) is 0 Å². The molecule has 1 heterocycles. The second-order valence-corrected chi connectivity index (χ2v) is 17.4. The lowest BCUT2D eigenvalue weighted by Gasteiger charge is -2.26. The van der Waals surface area contributed by atoms with E-state index in [2.05, 4.69) is 289 Å². The van der Waals surface area contributed by atoms with Crippen LogP contribution < -0.4 is 4.90 Å². The maximum Gasteiger partial charge on any atom is 0.0541 e. The standard InChI is InChI=1S/C66H46N2/c1-5-15-47(16-6-1)51-27-35-59(36-28-51)67(60-37-29-52(30-38-60)55-24-13-23-54(43-55)48-17-7-2-8-18-48)61-39-31-53(32-40-61)56-25-14-26-62(44-56)68-65-41-33-57(49-19-9-3-10-20-49)45-63(65)64-46-58(34-42-66(64)68)50-21-11-4-12-22-50/h1-46H. The number of rotatable bonds is 10. The third-order valence-electron chi connectivity index (χ3n) is 13.2. The molecule has 0 unspecified atom stereocenters. The Morgan fingerprint density at radius 2 is 0.485 bits per heavy atom. The van der Waals surface area contributed by atoms with Gasteiger partial charge in [0.05, 0.1) is 11.0 Å². The van der Waals surface area contributed by atoms with Gasteiger partial charge < -0.3 is 9.47 Å². The minimum atomic E-state index is 1.09. The maximum absolute atomic E-state index is 2.43. The summed E-state index contributed by atoms with van der Waals surface area (Å²) in [5.41, 5.74) is 21.1. The van der Waals surface area contributed by atoms with Crippen LogP contribution in [0.3, 0.4) is 0 Å². The summed E-state index contributed by atoms with van der Waals surface area (Å²) in [6.45, 7) is 0. The van der Waals surface area contributed by atoms with Gasteiger partial charge in [-0.2, -0.15) is 0 Å². The molecule has 0 bridgehead atoms. The molecule has 12 rings (SSSR count). The third kappa shape index (κ3) is 7.85. The molecule has 0 N–H and O–H groups in total. The van der Waals surface area contributed by atoms with E-state index in [0.29, 0.717) is 0 Å². The molecule has 0 saturated heterocycles. The topological polar surface area (TPSA) is 8.17 Å². The number of benzene rings is 11. The maximum atomic E-state index is 2.43. The van der Waals surface area contributed by atoms with Gasteiger partial charge in [-0.05, 0) is 146 Å². The first-order valence-corrected chi connectivity index (χ1v) is 23.3. The van der Waals surface area contributed by atoms with Crippen LogP contribution >= 0.6 is 0 Å². The molecule has 0 spiro atoms. The Balaban J connectivity index is 0.911. The minimum Gasteiger partial charge on any atom is -0.311 e. The highest BCUT2D eigenvalue weighted by atomic mass is 15.1. The molecule has 2 heteroatoms. The Morgan fingerprint density at radius 3 is 0.882 bits per heavy atom.